The van der Waals surface area contributed by atoms with Crippen LogP contribution in [0.2, 0.25) is 0 Å². The van der Waals surface area contributed by atoms with E-state index in [1.807, 2.05) is 6.92 Å². The molecule has 0 aromatic carbocycles. The maximum absolute atomic E-state index is 12.6. The van der Waals surface area contributed by atoms with Gasteiger partial charge in [0, 0.05) is 6.61 Å². The number of ether oxygens (including phenoxy) is 4. The summed E-state index contributed by atoms with van der Waals surface area (Å²) < 4.78 is 22.0. The molecule has 0 spiro atoms. The van der Waals surface area contributed by atoms with Crippen molar-refractivity contribution in [3.05, 3.63) is 0 Å². The first-order chi connectivity index (χ1) is 13.2. The Morgan fingerprint density at radius 2 is 1.71 bits per heavy atom. The highest BCUT2D eigenvalue weighted by molar-refractivity contribution is 5.77. The third-order valence-electron chi connectivity index (χ3n) is 4.64. The van der Waals surface area contributed by atoms with Gasteiger partial charge in [-0.25, -0.2) is 9.59 Å². The Balaban J connectivity index is 2.97. The van der Waals surface area contributed by atoms with Crippen molar-refractivity contribution < 1.29 is 28.5 Å². The highest BCUT2D eigenvalue weighted by atomic mass is 16.7. The number of carbonyl (C=O) groups is 2. The number of alkyl carbamates (subject to hydrolysis) is 1. The Kier molecular flexibility index (Phi) is 10.8. The van der Waals surface area contributed by atoms with Crippen molar-refractivity contribution >= 4 is 12.1 Å². The molecule has 0 aromatic heterocycles. The van der Waals surface area contributed by atoms with Gasteiger partial charge in [0.05, 0.1) is 12.6 Å². The first kappa shape index (κ1) is 24.7. The molecule has 0 aliphatic heterocycles. The van der Waals surface area contributed by atoms with E-state index in [1.54, 1.807) is 34.6 Å². The molecule has 1 rings (SSSR count). The average Bonchev–Trinajstić information content (AvgIpc) is 2.59. The second kappa shape index (κ2) is 12.3. The van der Waals surface area contributed by atoms with Crippen LogP contribution in [0.1, 0.15) is 80.1 Å². The van der Waals surface area contributed by atoms with Gasteiger partial charge in [-0.2, -0.15) is 0 Å². The first-order valence-corrected chi connectivity index (χ1v) is 10.6. The highest BCUT2D eigenvalue weighted by Crippen LogP contribution is 2.29. The van der Waals surface area contributed by atoms with Crippen molar-refractivity contribution in [2.75, 3.05) is 13.2 Å². The standard InChI is InChI=1S/C21H39NO6/c1-7-25-15(3)27-18(19(23)26-8-2)17(14-16-12-10-9-11-13-16)22-20(24)28-21(4,5)6/h15-18H,7-14H2,1-6H3,(H,22,24)/t15?,17-,18+/m0/s1. The number of rotatable bonds is 10. The summed E-state index contributed by atoms with van der Waals surface area (Å²) >= 11 is 0. The molecule has 1 unspecified atom stereocenters. The summed E-state index contributed by atoms with van der Waals surface area (Å²) in [6.07, 6.45) is 4.29. The number of hydrogen-bond acceptors (Lipinski definition) is 6. The number of hydrogen-bond donors (Lipinski definition) is 1. The Morgan fingerprint density at radius 3 is 2.25 bits per heavy atom. The molecule has 3 atom stereocenters. The highest BCUT2D eigenvalue weighted by Gasteiger charge is 2.36. The fourth-order valence-electron chi connectivity index (χ4n) is 3.52. The van der Waals surface area contributed by atoms with Gasteiger partial charge in [-0.15, -0.1) is 0 Å². The molecule has 7 nitrogen and oxygen atoms in total. The van der Waals surface area contributed by atoms with E-state index in [2.05, 4.69) is 5.32 Å². The number of carbonyl (C=O) groups excluding carboxylic acids is 2. The minimum atomic E-state index is -0.948. The molecule has 28 heavy (non-hydrogen) atoms. The van der Waals surface area contributed by atoms with Crippen LogP contribution >= 0.6 is 0 Å². The SMILES string of the molecule is CCOC(=O)[C@H](OC(C)OCC)[C@H](CC1CCCCC1)NC(=O)OC(C)(C)C. The minimum Gasteiger partial charge on any atom is -0.464 e. The lowest BCUT2D eigenvalue weighted by molar-refractivity contribution is -0.192. The molecule has 1 fully saturated rings. The van der Waals surface area contributed by atoms with Crippen LogP contribution in [0.3, 0.4) is 0 Å². The summed E-state index contributed by atoms with van der Waals surface area (Å²) in [6.45, 7) is 11.5. The molecule has 0 saturated heterocycles. The van der Waals surface area contributed by atoms with E-state index in [9.17, 15) is 9.59 Å². The van der Waals surface area contributed by atoms with Crippen molar-refractivity contribution in [3.8, 4) is 0 Å². The zero-order valence-corrected chi connectivity index (χ0v) is 18.4. The molecule has 0 bridgehead atoms. The zero-order valence-electron chi connectivity index (χ0n) is 18.4. The Hall–Kier alpha value is -1.34. The molecule has 7 heteroatoms. The number of nitrogens with one attached hydrogen (secondary N) is 1. The van der Waals surface area contributed by atoms with Gasteiger partial charge in [-0.1, -0.05) is 32.1 Å². The van der Waals surface area contributed by atoms with Crippen molar-refractivity contribution in [2.45, 2.75) is 104 Å². The van der Waals surface area contributed by atoms with Crippen molar-refractivity contribution in [1.29, 1.82) is 0 Å². The summed E-state index contributed by atoms with van der Waals surface area (Å²) in [5.74, 6) is -0.0671. The predicted octanol–water partition coefficient (Wildman–Crippen LogP) is 4.18. The van der Waals surface area contributed by atoms with Gasteiger partial charge in [0.15, 0.2) is 12.4 Å². The van der Waals surface area contributed by atoms with Gasteiger partial charge in [-0.05, 0) is 53.9 Å². The molecule has 1 saturated carbocycles. The van der Waals surface area contributed by atoms with Crippen LogP contribution in [-0.2, 0) is 23.7 Å². The molecule has 1 amide bonds. The van der Waals surface area contributed by atoms with Crippen LogP contribution in [-0.4, -0.2) is 49.3 Å². The normalized spacial score (nSPS) is 18.8. The summed E-state index contributed by atoms with van der Waals surface area (Å²) in [7, 11) is 0. The van der Waals surface area contributed by atoms with Crippen LogP contribution in [0.5, 0.6) is 0 Å². The molecular weight excluding hydrogens is 362 g/mol. The van der Waals surface area contributed by atoms with Gasteiger partial charge < -0.3 is 24.3 Å². The lowest BCUT2D eigenvalue weighted by Gasteiger charge is -2.33. The largest absolute Gasteiger partial charge is 0.464 e. The van der Waals surface area contributed by atoms with E-state index in [1.165, 1.54) is 19.3 Å². The Bertz CT molecular complexity index is 470. The maximum Gasteiger partial charge on any atom is 0.407 e. The average molecular weight is 402 g/mol. The summed E-state index contributed by atoms with van der Waals surface area (Å²) in [4.78, 5) is 25.1. The fourth-order valence-corrected chi connectivity index (χ4v) is 3.52. The molecule has 0 radical (unpaired) electrons. The molecule has 1 aliphatic carbocycles. The smallest absolute Gasteiger partial charge is 0.407 e. The predicted molar refractivity (Wildman–Crippen MR) is 107 cm³/mol. The monoisotopic (exact) mass is 401 g/mol. The van der Waals surface area contributed by atoms with Crippen LogP contribution < -0.4 is 5.32 Å². The second-order valence-corrected chi connectivity index (χ2v) is 8.32. The van der Waals surface area contributed by atoms with E-state index in [-0.39, 0.29) is 6.61 Å². The van der Waals surface area contributed by atoms with Gasteiger partial charge in [0.2, 0.25) is 0 Å². The minimum absolute atomic E-state index is 0.240. The Labute approximate surface area is 169 Å². The van der Waals surface area contributed by atoms with Crippen LogP contribution in [0, 0.1) is 5.92 Å². The lowest BCUT2D eigenvalue weighted by atomic mass is 9.83. The number of esters is 1. The van der Waals surface area contributed by atoms with Gasteiger partial charge in [0.25, 0.3) is 0 Å². The molecule has 1 N–H and O–H groups in total. The van der Waals surface area contributed by atoms with Crippen LogP contribution in [0.4, 0.5) is 4.79 Å². The van der Waals surface area contributed by atoms with Crippen LogP contribution in [0.15, 0.2) is 0 Å². The molecular formula is C21H39NO6. The van der Waals surface area contributed by atoms with E-state index >= 15 is 0 Å². The zero-order chi connectivity index (χ0) is 21.2. The van der Waals surface area contributed by atoms with Gasteiger partial charge in [-0.3, -0.25) is 0 Å². The topological polar surface area (TPSA) is 83.1 Å². The summed E-state index contributed by atoms with van der Waals surface area (Å²) in [5.41, 5.74) is -0.627. The first-order valence-electron chi connectivity index (χ1n) is 10.6. The van der Waals surface area contributed by atoms with E-state index < -0.39 is 36.1 Å². The molecule has 164 valence electrons. The molecule has 0 aromatic rings. The second-order valence-electron chi connectivity index (χ2n) is 8.32. The third-order valence-corrected chi connectivity index (χ3v) is 4.64. The van der Waals surface area contributed by atoms with E-state index in [4.69, 9.17) is 18.9 Å². The lowest BCUT2D eigenvalue weighted by Crippen LogP contribution is -2.52. The molecule has 1 aliphatic rings. The van der Waals surface area contributed by atoms with Crippen molar-refractivity contribution in [2.24, 2.45) is 5.92 Å². The third kappa shape index (κ3) is 9.73. The van der Waals surface area contributed by atoms with Crippen LogP contribution in [0.25, 0.3) is 0 Å². The summed E-state index contributed by atoms with van der Waals surface area (Å²) in [6, 6.07) is -0.542. The van der Waals surface area contributed by atoms with Gasteiger partial charge in [0.1, 0.15) is 5.60 Å². The van der Waals surface area contributed by atoms with Crippen molar-refractivity contribution in [3.63, 3.8) is 0 Å². The van der Waals surface area contributed by atoms with E-state index in [0.717, 1.165) is 12.8 Å². The number of amides is 1. The quantitative estimate of drug-likeness (QED) is 0.437. The summed E-state index contributed by atoms with van der Waals surface area (Å²) in [5, 5.41) is 2.87. The fraction of sp³-hybridized carbons (Fsp3) is 0.905. The Morgan fingerprint density at radius 1 is 1.07 bits per heavy atom. The molecule has 0 heterocycles. The van der Waals surface area contributed by atoms with Gasteiger partial charge >= 0.3 is 12.1 Å². The van der Waals surface area contributed by atoms with Crippen molar-refractivity contribution in [1.82, 2.24) is 5.32 Å². The van der Waals surface area contributed by atoms with E-state index in [0.29, 0.717) is 18.9 Å². The maximum atomic E-state index is 12.6.